The number of ether oxygens (including phenoxy) is 1. The first kappa shape index (κ1) is 15.0. The van der Waals surface area contributed by atoms with Gasteiger partial charge in [-0.1, -0.05) is 54.6 Å². The third kappa shape index (κ3) is 2.49. The lowest BCUT2D eigenvalue weighted by atomic mass is 9.96. The highest BCUT2D eigenvalue weighted by atomic mass is 16.5. The maximum Gasteiger partial charge on any atom is 0.120 e. The molecule has 24 heavy (non-hydrogen) atoms. The van der Waals surface area contributed by atoms with Gasteiger partial charge in [0.15, 0.2) is 0 Å². The van der Waals surface area contributed by atoms with Crippen LogP contribution in [0, 0.1) is 6.92 Å². The first-order chi connectivity index (χ1) is 11.8. The van der Waals surface area contributed by atoms with Gasteiger partial charge >= 0.3 is 0 Å². The Morgan fingerprint density at radius 2 is 1.75 bits per heavy atom. The highest BCUT2D eigenvalue weighted by Crippen LogP contribution is 2.46. The van der Waals surface area contributed by atoms with Gasteiger partial charge in [-0.25, -0.2) is 0 Å². The fraction of sp³-hybridized carbons (Fsp3) is 0.182. The maximum absolute atomic E-state index is 6.09. The SMILES string of the molecule is Cc1cccc2c1-c1ccc(OCc3ccccc3)cc1C2CN. The van der Waals surface area contributed by atoms with E-state index in [1.54, 1.807) is 0 Å². The summed E-state index contributed by atoms with van der Waals surface area (Å²) in [6.07, 6.45) is 0. The van der Waals surface area contributed by atoms with Gasteiger partial charge in [-0.05, 0) is 52.4 Å². The zero-order valence-corrected chi connectivity index (χ0v) is 13.8. The second-order valence-electron chi connectivity index (χ2n) is 6.35. The number of hydrogen-bond acceptors (Lipinski definition) is 2. The predicted molar refractivity (Wildman–Crippen MR) is 98.3 cm³/mol. The largest absolute Gasteiger partial charge is 0.489 e. The van der Waals surface area contributed by atoms with Gasteiger partial charge in [0.25, 0.3) is 0 Å². The summed E-state index contributed by atoms with van der Waals surface area (Å²) in [5, 5.41) is 0. The number of fused-ring (bicyclic) bond motifs is 3. The van der Waals surface area contributed by atoms with Crippen molar-refractivity contribution in [2.45, 2.75) is 19.4 Å². The van der Waals surface area contributed by atoms with Crippen molar-refractivity contribution in [3.8, 4) is 16.9 Å². The van der Waals surface area contributed by atoms with Gasteiger partial charge in [0.05, 0.1) is 0 Å². The molecule has 0 aliphatic heterocycles. The monoisotopic (exact) mass is 315 g/mol. The average Bonchev–Trinajstić information content (AvgIpc) is 2.95. The van der Waals surface area contributed by atoms with E-state index in [0.29, 0.717) is 13.2 Å². The Kier molecular flexibility index (Phi) is 3.83. The van der Waals surface area contributed by atoms with Crippen LogP contribution < -0.4 is 10.5 Å². The van der Waals surface area contributed by atoms with Crippen molar-refractivity contribution in [2.75, 3.05) is 6.54 Å². The molecule has 1 aliphatic rings. The van der Waals surface area contributed by atoms with Gasteiger partial charge in [0.1, 0.15) is 12.4 Å². The fourth-order valence-electron chi connectivity index (χ4n) is 3.66. The molecule has 0 saturated heterocycles. The normalized spacial score (nSPS) is 15.0. The molecule has 0 spiro atoms. The zero-order chi connectivity index (χ0) is 16.5. The van der Waals surface area contributed by atoms with E-state index >= 15 is 0 Å². The molecule has 1 atom stereocenters. The molecule has 120 valence electrons. The van der Waals surface area contributed by atoms with Gasteiger partial charge in [-0.2, -0.15) is 0 Å². The van der Waals surface area contributed by atoms with E-state index < -0.39 is 0 Å². The Balaban J connectivity index is 1.66. The highest BCUT2D eigenvalue weighted by Gasteiger charge is 2.29. The lowest BCUT2D eigenvalue weighted by molar-refractivity contribution is 0.306. The van der Waals surface area contributed by atoms with E-state index in [4.69, 9.17) is 10.5 Å². The van der Waals surface area contributed by atoms with Crippen LogP contribution in [0.25, 0.3) is 11.1 Å². The molecule has 1 aliphatic carbocycles. The van der Waals surface area contributed by atoms with E-state index in [1.807, 2.05) is 18.2 Å². The predicted octanol–water partition coefficient (Wildman–Crippen LogP) is 4.65. The Labute approximate surface area is 142 Å². The lowest BCUT2D eigenvalue weighted by Crippen LogP contribution is -2.11. The Morgan fingerprint density at radius 1 is 0.917 bits per heavy atom. The Bertz CT molecular complexity index is 870. The standard InChI is InChI=1S/C22H21NO/c1-15-6-5-9-18-21(13-23)20-12-17(10-11-19(20)22(15)18)24-14-16-7-3-2-4-8-16/h2-12,21H,13-14,23H2,1H3. The molecule has 0 fully saturated rings. The minimum Gasteiger partial charge on any atom is -0.489 e. The van der Waals surface area contributed by atoms with Crippen LogP contribution in [0.15, 0.2) is 66.7 Å². The molecule has 4 rings (SSSR count). The summed E-state index contributed by atoms with van der Waals surface area (Å²) in [7, 11) is 0. The number of benzene rings is 3. The number of hydrogen-bond donors (Lipinski definition) is 1. The van der Waals surface area contributed by atoms with Crippen molar-refractivity contribution in [1.29, 1.82) is 0 Å². The van der Waals surface area contributed by atoms with Crippen molar-refractivity contribution in [1.82, 2.24) is 0 Å². The summed E-state index contributed by atoms with van der Waals surface area (Å²) >= 11 is 0. The molecule has 2 heteroatoms. The number of rotatable bonds is 4. The summed E-state index contributed by atoms with van der Waals surface area (Å²) < 4.78 is 6.00. The summed E-state index contributed by atoms with van der Waals surface area (Å²) in [5.74, 6) is 1.16. The van der Waals surface area contributed by atoms with E-state index in [2.05, 4.69) is 55.5 Å². The highest BCUT2D eigenvalue weighted by molar-refractivity contribution is 5.82. The first-order valence-electron chi connectivity index (χ1n) is 8.38. The van der Waals surface area contributed by atoms with Gasteiger partial charge < -0.3 is 10.5 Å². The third-order valence-electron chi connectivity index (χ3n) is 4.83. The van der Waals surface area contributed by atoms with Crippen molar-refractivity contribution >= 4 is 0 Å². The fourth-order valence-corrected chi connectivity index (χ4v) is 3.66. The van der Waals surface area contributed by atoms with E-state index in [0.717, 1.165) is 5.75 Å². The van der Waals surface area contributed by atoms with Crippen LogP contribution in [0.4, 0.5) is 0 Å². The Morgan fingerprint density at radius 3 is 2.54 bits per heavy atom. The minimum atomic E-state index is 0.259. The minimum absolute atomic E-state index is 0.259. The molecule has 3 aromatic carbocycles. The van der Waals surface area contributed by atoms with Crippen molar-refractivity contribution in [2.24, 2.45) is 5.73 Å². The van der Waals surface area contributed by atoms with Crippen LogP contribution in [0.5, 0.6) is 5.75 Å². The quantitative estimate of drug-likeness (QED) is 0.761. The molecule has 0 heterocycles. The second kappa shape index (κ2) is 6.14. The molecule has 0 saturated carbocycles. The molecule has 0 bridgehead atoms. The Hall–Kier alpha value is -2.58. The summed E-state index contributed by atoms with van der Waals surface area (Å²) in [6, 6.07) is 23.1. The smallest absolute Gasteiger partial charge is 0.120 e. The molecule has 2 nitrogen and oxygen atoms in total. The number of aryl methyl sites for hydroxylation is 1. The van der Waals surface area contributed by atoms with Gasteiger partial charge in [0.2, 0.25) is 0 Å². The van der Waals surface area contributed by atoms with Gasteiger partial charge in [-0.3, -0.25) is 0 Å². The second-order valence-corrected chi connectivity index (χ2v) is 6.35. The maximum atomic E-state index is 6.09. The van der Waals surface area contributed by atoms with Crippen LogP contribution in [-0.2, 0) is 6.61 Å². The lowest BCUT2D eigenvalue weighted by Gasteiger charge is -2.12. The molecular formula is C22H21NO. The number of nitrogens with two attached hydrogens (primary N) is 1. The molecule has 2 N–H and O–H groups in total. The van der Waals surface area contributed by atoms with E-state index in [1.165, 1.54) is 33.4 Å². The third-order valence-corrected chi connectivity index (χ3v) is 4.83. The zero-order valence-electron chi connectivity index (χ0n) is 13.8. The summed E-state index contributed by atoms with van der Waals surface area (Å²) in [6.45, 7) is 3.37. The average molecular weight is 315 g/mol. The molecule has 0 aromatic heterocycles. The van der Waals surface area contributed by atoms with Crippen molar-refractivity contribution in [3.63, 3.8) is 0 Å². The van der Waals surface area contributed by atoms with Crippen LogP contribution in [0.3, 0.4) is 0 Å². The van der Waals surface area contributed by atoms with Crippen LogP contribution >= 0.6 is 0 Å². The molecular weight excluding hydrogens is 294 g/mol. The molecule has 0 radical (unpaired) electrons. The molecule has 3 aromatic rings. The summed E-state index contributed by atoms with van der Waals surface area (Å²) in [5.41, 5.74) is 13.8. The van der Waals surface area contributed by atoms with Crippen LogP contribution in [0.2, 0.25) is 0 Å². The van der Waals surface area contributed by atoms with Gasteiger partial charge in [0, 0.05) is 12.5 Å². The van der Waals surface area contributed by atoms with Crippen molar-refractivity contribution < 1.29 is 4.74 Å². The van der Waals surface area contributed by atoms with Crippen molar-refractivity contribution in [3.05, 3.63) is 89.0 Å². The first-order valence-corrected chi connectivity index (χ1v) is 8.38. The molecule has 0 amide bonds. The van der Waals surface area contributed by atoms with Crippen LogP contribution in [-0.4, -0.2) is 6.54 Å². The van der Waals surface area contributed by atoms with E-state index in [-0.39, 0.29) is 5.92 Å². The van der Waals surface area contributed by atoms with Crippen LogP contribution in [0.1, 0.15) is 28.2 Å². The topological polar surface area (TPSA) is 35.2 Å². The van der Waals surface area contributed by atoms with E-state index in [9.17, 15) is 0 Å². The summed E-state index contributed by atoms with van der Waals surface area (Å²) in [4.78, 5) is 0. The van der Waals surface area contributed by atoms with Gasteiger partial charge in [-0.15, -0.1) is 0 Å². The molecule has 1 unspecified atom stereocenters.